The van der Waals surface area contributed by atoms with Crippen LogP contribution in [0, 0.1) is 10.1 Å². The van der Waals surface area contributed by atoms with Crippen molar-refractivity contribution >= 4 is 11.6 Å². The van der Waals surface area contributed by atoms with Crippen molar-refractivity contribution in [2.45, 2.75) is 19.8 Å². The van der Waals surface area contributed by atoms with Crippen molar-refractivity contribution in [2.24, 2.45) is 0 Å². The minimum Gasteiger partial charge on any atom is -0.379 e. The number of ether oxygens (including phenoxy) is 1. The summed E-state index contributed by atoms with van der Waals surface area (Å²) in [5, 5.41) is 13.8. The number of nitrogens with one attached hydrogen (secondary N) is 1. The van der Waals surface area contributed by atoms with Crippen molar-refractivity contribution in [3.8, 4) is 0 Å². The summed E-state index contributed by atoms with van der Waals surface area (Å²) in [6, 6.07) is 4.80. The third kappa shape index (κ3) is 5.01. The average molecular weight is 321 g/mol. The van der Waals surface area contributed by atoms with Gasteiger partial charge >= 0.3 is 0 Å². The zero-order valence-corrected chi connectivity index (χ0v) is 13.4. The summed E-state index contributed by atoms with van der Waals surface area (Å²) in [6.45, 7) is 6.59. The molecule has 7 heteroatoms. The van der Waals surface area contributed by atoms with Crippen LogP contribution >= 0.6 is 0 Å². The third-order valence-corrected chi connectivity index (χ3v) is 3.86. The van der Waals surface area contributed by atoms with Crippen LogP contribution in [0.4, 0.5) is 5.69 Å². The van der Waals surface area contributed by atoms with Gasteiger partial charge in [-0.3, -0.25) is 19.8 Å². The van der Waals surface area contributed by atoms with E-state index in [0.29, 0.717) is 6.54 Å². The summed E-state index contributed by atoms with van der Waals surface area (Å²) >= 11 is 0. The van der Waals surface area contributed by atoms with Crippen molar-refractivity contribution in [3.05, 3.63) is 39.4 Å². The maximum absolute atomic E-state index is 12.1. The number of amides is 1. The van der Waals surface area contributed by atoms with E-state index in [0.717, 1.165) is 51.3 Å². The summed E-state index contributed by atoms with van der Waals surface area (Å²) in [6.07, 6.45) is 1.54. The second-order valence-corrected chi connectivity index (χ2v) is 5.57. The molecule has 1 amide bonds. The monoisotopic (exact) mass is 321 g/mol. The number of benzene rings is 1. The molecule has 0 radical (unpaired) electrons. The fourth-order valence-corrected chi connectivity index (χ4v) is 2.53. The Balaban J connectivity index is 2.08. The van der Waals surface area contributed by atoms with Crippen molar-refractivity contribution < 1.29 is 14.5 Å². The molecule has 0 unspecified atom stereocenters. The van der Waals surface area contributed by atoms with Crippen LogP contribution in [0.15, 0.2) is 18.2 Å². The first-order valence-corrected chi connectivity index (χ1v) is 7.97. The van der Waals surface area contributed by atoms with Crippen LogP contribution in [-0.4, -0.2) is 55.1 Å². The van der Waals surface area contributed by atoms with E-state index in [1.54, 1.807) is 12.1 Å². The molecule has 23 heavy (non-hydrogen) atoms. The van der Waals surface area contributed by atoms with Gasteiger partial charge in [-0.1, -0.05) is 13.0 Å². The molecule has 1 aliphatic heterocycles. The normalized spacial score (nSPS) is 15.3. The number of nitrogens with zero attached hydrogens (tertiary/aromatic N) is 2. The standard InChI is InChI=1S/C16H23N3O4/c1-2-6-17-16(20)14-12-13(3-4-15(14)19(21)22)5-7-18-8-10-23-11-9-18/h3-4,12H,2,5-11H2,1H3,(H,17,20). The number of morpholine rings is 1. The molecule has 1 aromatic carbocycles. The predicted molar refractivity (Wildman–Crippen MR) is 86.7 cm³/mol. The van der Waals surface area contributed by atoms with Crippen LogP contribution in [0.5, 0.6) is 0 Å². The highest BCUT2D eigenvalue weighted by Crippen LogP contribution is 2.20. The molecule has 0 saturated carbocycles. The summed E-state index contributed by atoms with van der Waals surface area (Å²) in [4.78, 5) is 25.1. The Hall–Kier alpha value is -1.99. The Kier molecular flexibility index (Phi) is 6.49. The Morgan fingerprint density at radius 2 is 2.13 bits per heavy atom. The van der Waals surface area contributed by atoms with Gasteiger partial charge in [-0.05, 0) is 24.5 Å². The highest BCUT2D eigenvalue weighted by atomic mass is 16.6. The van der Waals surface area contributed by atoms with Gasteiger partial charge in [-0.2, -0.15) is 0 Å². The van der Waals surface area contributed by atoms with Gasteiger partial charge < -0.3 is 10.1 Å². The number of hydrogen-bond acceptors (Lipinski definition) is 5. The lowest BCUT2D eigenvalue weighted by molar-refractivity contribution is -0.385. The van der Waals surface area contributed by atoms with Crippen LogP contribution in [0.2, 0.25) is 0 Å². The van der Waals surface area contributed by atoms with E-state index >= 15 is 0 Å². The van der Waals surface area contributed by atoms with E-state index in [-0.39, 0.29) is 17.2 Å². The summed E-state index contributed by atoms with van der Waals surface area (Å²) in [7, 11) is 0. The minimum atomic E-state index is -0.507. The van der Waals surface area contributed by atoms with Crippen LogP contribution in [0.3, 0.4) is 0 Å². The number of carbonyl (C=O) groups is 1. The predicted octanol–water partition coefficient (Wildman–Crippen LogP) is 1.61. The molecule has 1 saturated heterocycles. The molecular formula is C16H23N3O4. The van der Waals surface area contributed by atoms with Crippen LogP contribution in [-0.2, 0) is 11.2 Å². The van der Waals surface area contributed by atoms with E-state index in [9.17, 15) is 14.9 Å². The second kappa shape index (κ2) is 8.59. The number of carbonyl (C=O) groups excluding carboxylic acids is 1. The highest BCUT2D eigenvalue weighted by Gasteiger charge is 2.20. The van der Waals surface area contributed by atoms with Crippen molar-refractivity contribution in [3.63, 3.8) is 0 Å². The van der Waals surface area contributed by atoms with Gasteiger partial charge in [0.2, 0.25) is 0 Å². The Bertz CT molecular complexity index is 556. The second-order valence-electron chi connectivity index (χ2n) is 5.57. The SMILES string of the molecule is CCCNC(=O)c1cc(CCN2CCOCC2)ccc1[N+](=O)[O-]. The Morgan fingerprint density at radius 3 is 2.78 bits per heavy atom. The first-order chi connectivity index (χ1) is 11.1. The molecule has 0 spiro atoms. The maximum Gasteiger partial charge on any atom is 0.282 e. The van der Waals surface area contributed by atoms with Crippen molar-refractivity contribution in [2.75, 3.05) is 39.4 Å². The largest absolute Gasteiger partial charge is 0.379 e. The first kappa shape index (κ1) is 17.4. The first-order valence-electron chi connectivity index (χ1n) is 7.97. The fraction of sp³-hybridized carbons (Fsp3) is 0.562. The number of nitro groups is 1. The van der Waals surface area contributed by atoms with E-state index in [2.05, 4.69) is 10.2 Å². The van der Waals surface area contributed by atoms with Crippen LogP contribution in [0.1, 0.15) is 29.3 Å². The summed E-state index contributed by atoms with van der Waals surface area (Å²) in [5.74, 6) is -0.383. The minimum absolute atomic E-state index is 0.142. The van der Waals surface area contributed by atoms with Gasteiger partial charge in [0.15, 0.2) is 0 Å². The summed E-state index contributed by atoms with van der Waals surface area (Å²) in [5.41, 5.74) is 0.931. The molecule has 1 aromatic rings. The number of rotatable bonds is 7. The zero-order valence-electron chi connectivity index (χ0n) is 13.4. The highest BCUT2D eigenvalue weighted by molar-refractivity contribution is 5.98. The maximum atomic E-state index is 12.1. The quantitative estimate of drug-likeness (QED) is 0.609. The molecule has 1 heterocycles. The number of nitro benzene ring substituents is 1. The van der Waals surface area contributed by atoms with E-state index < -0.39 is 4.92 Å². The molecule has 0 atom stereocenters. The summed E-state index contributed by atoms with van der Waals surface area (Å²) < 4.78 is 5.31. The van der Waals surface area contributed by atoms with Crippen molar-refractivity contribution in [1.29, 1.82) is 0 Å². The van der Waals surface area contributed by atoms with Gasteiger partial charge in [-0.25, -0.2) is 0 Å². The lowest BCUT2D eigenvalue weighted by Gasteiger charge is -2.26. The van der Waals surface area contributed by atoms with Gasteiger partial charge in [-0.15, -0.1) is 0 Å². The molecule has 1 N–H and O–H groups in total. The Labute approximate surface area is 135 Å². The van der Waals surface area contributed by atoms with Gasteiger partial charge in [0.25, 0.3) is 11.6 Å². The molecule has 0 aromatic heterocycles. The smallest absolute Gasteiger partial charge is 0.282 e. The molecular weight excluding hydrogens is 298 g/mol. The molecule has 0 bridgehead atoms. The number of hydrogen-bond donors (Lipinski definition) is 1. The van der Waals surface area contributed by atoms with Crippen LogP contribution in [0.25, 0.3) is 0 Å². The molecule has 7 nitrogen and oxygen atoms in total. The third-order valence-electron chi connectivity index (χ3n) is 3.86. The van der Waals surface area contributed by atoms with Gasteiger partial charge in [0, 0.05) is 32.2 Å². The molecule has 1 fully saturated rings. The van der Waals surface area contributed by atoms with E-state index in [1.165, 1.54) is 6.07 Å². The van der Waals surface area contributed by atoms with E-state index in [4.69, 9.17) is 4.74 Å². The molecule has 0 aliphatic carbocycles. The van der Waals surface area contributed by atoms with Crippen molar-refractivity contribution in [1.82, 2.24) is 10.2 Å². The molecule has 2 rings (SSSR count). The Morgan fingerprint density at radius 1 is 1.39 bits per heavy atom. The molecule has 126 valence electrons. The van der Waals surface area contributed by atoms with Crippen LogP contribution < -0.4 is 5.32 Å². The fourth-order valence-electron chi connectivity index (χ4n) is 2.53. The van der Waals surface area contributed by atoms with Gasteiger partial charge in [0.05, 0.1) is 18.1 Å². The zero-order chi connectivity index (χ0) is 16.7. The van der Waals surface area contributed by atoms with E-state index in [1.807, 2.05) is 6.92 Å². The lowest BCUT2D eigenvalue weighted by Crippen LogP contribution is -2.37. The van der Waals surface area contributed by atoms with Gasteiger partial charge in [0.1, 0.15) is 5.56 Å². The molecule has 1 aliphatic rings. The average Bonchev–Trinajstić information content (AvgIpc) is 2.58. The topological polar surface area (TPSA) is 84.7 Å². The lowest BCUT2D eigenvalue weighted by atomic mass is 10.0.